The number of hydrogen-bond donors (Lipinski definition) is 2. The molecule has 0 fully saturated rings. The van der Waals surface area contributed by atoms with Gasteiger partial charge in [-0.3, -0.25) is 9.59 Å². The second-order valence-electron chi connectivity index (χ2n) is 8.02. The maximum absolute atomic E-state index is 12.7. The van der Waals surface area contributed by atoms with Crippen LogP contribution in [0.15, 0.2) is 77.2 Å². The molecule has 4 rings (SSSR count). The highest BCUT2D eigenvalue weighted by molar-refractivity contribution is 5.95. The third kappa shape index (κ3) is 5.20. The molecular formula is C27H26N4O3. The molecule has 0 aliphatic rings. The van der Waals surface area contributed by atoms with Crippen LogP contribution >= 0.6 is 0 Å². The second kappa shape index (κ2) is 10.1. The van der Waals surface area contributed by atoms with E-state index in [4.69, 9.17) is 4.42 Å². The van der Waals surface area contributed by atoms with Crippen LogP contribution in [-0.4, -0.2) is 22.0 Å². The lowest BCUT2D eigenvalue weighted by atomic mass is 10.1. The Morgan fingerprint density at radius 1 is 0.912 bits per heavy atom. The molecule has 4 aromatic rings. The highest BCUT2D eigenvalue weighted by atomic mass is 16.4. The van der Waals surface area contributed by atoms with E-state index in [1.54, 1.807) is 31.2 Å². The zero-order valence-electron chi connectivity index (χ0n) is 19.3. The molecule has 2 N–H and O–H groups in total. The number of aromatic nitrogens is 2. The Bertz CT molecular complexity index is 1290. The van der Waals surface area contributed by atoms with Gasteiger partial charge >= 0.3 is 0 Å². The number of amides is 2. The number of anilines is 1. The van der Waals surface area contributed by atoms with Gasteiger partial charge in [-0.15, -0.1) is 10.2 Å². The molecule has 0 saturated heterocycles. The molecule has 0 spiro atoms. The average Bonchev–Trinajstić information content (AvgIpc) is 3.35. The molecule has 2 amide bonds. The van der Waals surface area contributed by atoms with Crippen molar-refractivity contribution in [3.63, 3.8) is 0 Å². The summed E-state index contributed by atoms with van der Waals surface area (Å²) < 4.78 is 5.85. The number of nitrogens with one attached hydrogen (secondary N) is 2. The molecule has 1 aromatic heterocycles. The Hall–Kier alpha value is -4.26. The van der Waals surface area contributed by atoms with Crippen molar-refractivity contribution in [3.05, 3.63) is 89.5 Å². The standard InChI is InChI=1S/C27H26N4O3/c1-4-24(32)29-22-15-13-19(14-16-22)18(3)28-25(33)20-9-11-21(12-10-20)26-30-31-27(34-26)23-8-6-5-7-17(23)2/h5-16,18H,4H2,1-3H3,(H,28,33)(H,29,32). The monoisotopic (exact) mass is 454 g/mol. The van der Waals surface area contributed by atoms with Crippen molar-refractivity contribution in [1.29, 1.82) is 0 Å². The van der Waals surface area contributed by atoms with Gasteiger partial charge < -0.3 is 15.1 Å². The zero-order chi connectivity index (χ0) is 24.1. The molecule has 0 saturated carbocycles. The molecule has 7 heteroatoms. The quantitative estimate of drug-likeness (QED) is 0.381. The molecule has 0 aliphatic heterocycles. The van der Waals surface area contributed by atoms with E-state index in [2.05, 4.69) is 20.8 Å². The first-order valence-electron chi connectivity index (χ1n) is 11.1. The summed E-state index contributed by atoms with van der Waals surface area (Å²) in [4.78, 5) is 24.2. The fraction of sp³-hybridized carbons (Fsp3) is 0.185. The van der Waals surface area contributed by atoms with Crippen molar-refractivity contribution in [1.82, 2.24) is 15.5 Å². The minimum atomic E-state index is -0.198. The van der Waals surface area contributed by atoms with Gasteiger partial charge in [-0.05, 0) is 67.4 Å². The van der Waals surface area contributed by atoms with Crippen molar-refractivity contribution in [3.8, 4) is 22.9 Å². The van der Waals surface area contributed by atoms with E-state index in [0.29, 0.717) is 23.8 Å². The summed E-state index contributed by atoms with van der Waals surface area (Å²) in [6, 6.07) is 22.1. The van der Waals surface area contributed by atoms with Crippen molar-refractivity contribution in [2.45, 2.75) is 33.2 Å². The van der Waals surface area contributed by atoms with Crippen molar-refractivity contribution in [2.75, 3.05) is 5.32 Å². The maximum Gasteiger partial charge on any atom is 0.251 e. The number of carbonyl (C=O) groups excluding carboxylic acids is 2. The number of benzene rings is 3. The molecule has 7 nitrogen and oxygen atoms in total. The summed E-state index contributed by atoms with van der Waals surface area (Å²) in [5, 5.41) is 14.1. The number of carbonyl (C=O) groups is 2. The number of hydrogen-bond acceptors (Lipinski definition) is 5. The second-order valence-corrected chi connectivity index (χ2v) is 8.02. The van der Waals surface area contributed by atoms with Crippen LogP contribution in [0.1, 0.15) is 47.8 Å². The van der Waals surface area contributed by atoms with Crippen LogP contribution in [0.5, 0.6) is 0 Å². The Labute approximate surface area is 198 Å². The fourth-order valence-electron chi connectivity index (χ4n) is 3.49. The van der Waals surface area contributed by atoms with Crippen LogP contribution in [-0.2, 0) is 4.79 Å². The predicted octanol–water partition coefficient (Wildman–Crippen LogP) is 5.55. The SMILES string of the molecule is CCC(=O)Nc1ccc(C(C)NC(=O)c2ccc(-c3nnc(-c4ccccc4C)o3)cc2)cc1. The van der Waals surface area contributed by atoms with Gasteiger partial charge in [0, 0.05) is 28.8 Å². The molecule has 0 aliphatic carbocycles. The van der Waals surface area contributed by atoms with E-state index in [0.717, 1.165) is 27.9 Å². The van der Waals surface area contributed by atoms with E-state index in [1.807, 2.05) is 62.4 Å². The van der Waals surface area contributed by atoms with Gasteiger partial charge in [0.15, 0.2) is 0 Å². The normalized spacial score (nSPS) is 11.6. The minimum Gasteiger partial charge on any atom is -0.416 e. The maximum atomic E-state index is 12.7. The molecule has 0 radical (unpaired) electrons. The Kier molecular flexibility index (Phi) is 6.82. The first kappa shape index (κ1) is 22.9. The Morgan fingerprint density at radius 2 is 1.59 bits per heavy atom. The van der Waals surface area contributed by atoms with Crippen LogP contribution in [0.25, 0.3) is 22.9 Å². The van der Waals surface area contributed by atoms with Crippen molar-refractivity contribution in [2.24, 2.45) is 0 Å². The average molecular weight is 455 g/mol. The molecule has 1 heterocycles. The zero-order valence-corrected chi connectivity index (χ0v) is 19.3. The first-order valence-corrected chi connectivity index (χ1v) is 11.1. The largest absolute Gasteiger partial charge is 0.416 e. The third-order valence-corrected chi connectivity index (χ3v) is 5.56. The highest BCUT2D eigenvalue weighted by Crippen LogP contribution is 2.26. The Morgan fingerprint density at radius 3 is 2.26 bits per heavy atom. The number of nitrogens with zero attached hydrogens (tertiary/aromatic N) is 2. The fourth-order valence-corrected chi connectivity index (χ4v) is 3.49. The van der Waals surface area contributed by atoms with Crippen LogP contribution in [0, 0.1) is 6.92 Å². The molecule has 172 valence electrons. The number of rotatable bonds is 7. The summed E-state index contributed by atoms with van der Waals surface area (Å²) in [5.74, 6) is 0.635. The van der Waals surface area contributed by atoms with Gasteiger partial charge in [0.25, 0.3) is 5.91 Å². The topological polar surface area (TPSA) is 97.1 Å². The van der Waals surface area contributed by atoms with E-state index >= 15 is 0 Å². The van der Waals surface area contributed by atoms with Crippen LogP contribution in [0.3, 0.4) is 0 Å². The lowest BCUT2D eigenvalue weighted by Gasteiger charge is -2.15. The number of aryl methyl sites for hydroxylation is 1. The van der Waals surface area contributed by atoms with E-state index in [1.165, 1.54) is 0 Å². The van der Waals surface area contributed by atoms with E-state index in [-0.39, 0.29) is 17.9 Å². The summed E-state index contributed by atoms with van der Waals surface area (Å²) in [7, 11) is 0. The molecule has 1 atom stereocenters. The molecule has 34 heavy (non-hydrogen) atoms. The predicted molar refractivity (Wildman–Crippen MR) is 131 cm³/mol. The van der Waals surface area contributed by atoms with Gasteiger partial charge in [0.05, 0.1) is 6.04 Å². The molecule has 1 unspecified atom stereocenters. The molecule has 3 aromatic carbocycles. The van der Waals surface area contributed by atoms with Gasteiger partial charge in [-0.2, -0.15) is 0 Å². The van der Waals surface area contributed by atoms with Crippen molar-refractivity contribution >= 4 is 17.5 Å². The molecular weight excluding hydrogens is 428 g/mol. The van der Waals surface area contributed by atoms with Gasteiger partial charge in [0.1, 0.15) is 0 Å². The van der Waals surface area contributed by atoms with Crippen molar-refractivity contribution < 1.29 is 14.0 Å². The van der Waals surface area contributed by atoms with Gasteiger partial charge in [-0.1, -0.05) is 37.3 Å². The lowest BCUT2D eigenvalue weighted by Crippen LogP contribution is -2.26. The van der Waals surface area contributed by atoms with Crippen LogP contribution in [0.2, 0.25) is 0 Å². The summed E-state index contributed by atoms with van der Waals surface area (Å²) in [6.45, 7) is 5.71. The lowest BCUT2D eigenvalue weighted by molar-refractivity contribution is -0.115. The minimum absolute atomic E-state index is 0.0375. The Balaban J connectivity index is 1.40. The smallest absolute Gasteiger partial charge is 0.251 e. The van der Waals surface area contributed by atoms with Gasteiger partial charge in [-0.25, -0.2) is 0 Å². The summed E-state index contributed by atoms with van der Waals surface area (Å²) in [6.07, 6.45) is 0.424. The van der Waals surface area contributed by atoms with E-state index < -0.39 is 0 Å². The third-order valence-electron chi connectivity index (χ3n) is 5.56. The first-order chi connectivity index (χ1) is 16.4. The summed E-state index contributed by atoms with van der Waals surface area (Å²) >= 11 is 0. The van der Waals surface area contributed by atoms with Gasteiger partial charge in [0.2, 0.25) is 17.7 Å². The highest BCUT2D eigenvalue weighted by Gasteiger charge is 2.15. The van der Waals surface area contributed by atoms with E-state index in [9.17, 15) is 9.59 Å². The molecule has 0 bridgehead atoms. The van der Waals surface area contributed by atoms with Crippen LogP contribution in [0.4, 0.5) is 5.69 Å². The summed E-state index contributed by atoms with van der Waals surface area (Å²) in [5.41, 5.74) is 4.89. The van der Waals surface area contributed by atoms with Crippen LogP contribution < -0.4 is 10.6 Å².